The third kappa shape index (κ3) is 3.54. The fourth-order valence-corrected chi connectivity index (χ4v) is 4.72. The zero-order valence-corrected chi connectivity index (χ0v) is 17.4. The maximum absolute atomic E-state index is 6.65. The van der Waals surface area contributed by atoms with E-state index in [1.54, 1.807) is 6.20 Å². The molecule has 4 aromatic rings. The van der Waals surface area contributed by atoms with Crippen molar-refractivity contribution in [2.45, 2.75) is 25.8 Å². The summed E-state index contributed by atoms with van der Waals surface area (Å²) in [5.74, 6) is 0.483. The molecule has 29 heavy (non-hydrogen) atoms. The number of anilines is 1. The van der Waals surface area contributed by atoms with Gasteiger partial charge >= 0.3 is 0 Å². The van der Waals surface area contributed by atoms with Gasteiger partial charge in [-0.2, -0.15) is 0 Å². The monoisotopic (exact) mass is 425 g/mol. The molecule has 3 aromatic heterocycles. The molecule has 1 saturated heterocycles. The van der Waals surface area contributed by atoms with E-state index in [1.165, 1.54) is 19.3 Å². The molecule has 0 aliphatic carbocycles. The number of benzene rings is 1. The van der Waals surface area contributed by atoms with Gasteiger partial charge < -0.3 is 10.7 Å². The summed E-state index contributed by atoms with van der Waals surface area (Å²) in [5.41, 5.74) is 10.5. The number of hydrogen-bond acceptors (Lipinski definition) is 4. The minimum Gasteiger partial charge on any atom is -0.384 e. The molecule has 4 heterocycles. The zero-order chi connectivity index (χ0) is 20.0. The zero-order valence-electron chi connectivity index (χ0n) is 15.9. The fraction of sp³-hybridized carbons (Fsp3) is 0.273. The number of aromatic amines is 1. The molecule has 1 aliphatic heterocycles. The van der Waals surface area contributed by atoms with E-state index in [0.717, 1.165) is 58.3 Å². The number of likely N-dealkylation sites (tertiary alicyclic amines) is 1. The number of nitrogens with two attached hydrogens (primary N) is 1. The van der Waals surface area contributed by atoms with Gasteiger partial charge in [0.25, 0.3) is 0 Å². The van der Waals surface area contributed by atoms with Gasteiger partial charge in [0.15, 0.2) is 0 Å². The summed E-state index contributed by atoms with van der Waals surface area (Å²) in [5, 5.41) is 3.40. The van der Waals surface area contributed by atoms with Crippen molar-refractivity contribution >= 4 is 51.0 Å². The summed E-state index contributed by atoms with van der Waals surface area (Å²) in [6.45, 7) is 3.01. The molecule has 0 saturated carbocycles. The second-order valence-corrected chi connectivity index (χ2v) is 8.47. The largest absolute Gasteiger partial charge is 0.384 e. The van der Waals surface area contributed by atoms with E-state index in [0.29, 0.717) is 15.9 Å². The predicted molar refractivity (Wildman–Crippen MR) is 120 cm³/mol. The summed E-state index contributed by atoms with van der Waals surface area (Å²) in [4.78, 5) is 14.4. The molecule has 7 heteroatoms. The van der Waals surface area contributed by atoms with Gasteiger partial charge in [-0.15, -0.1) is 0 Å². The Morgan fingerprint density at radius 2 is 1.66 bits per heavy atom. The van der Waals surface area contributed by atoms with Crippen LogP contribution in [0, 0.1) is 0 Å². The molecule has 0 unspecified atom stereocenters. The van der Waals surface area contributed by atoms with Crippen LogP contribution in [0.3, 0.4) is 0 Å². The number of nitrogens with one attached hydrogen (secondary N) is 1. The third-order valence-corrected chi connectivity index (χ3v) is 6.34. The lowest BCUT2D eigenvalue weighted by Gasteiger charge is -2.27. The van der Waals surface area contributed by atoms with Gasteiger partial charge in [-0.3, -0.25) is 4.90 Å². The van der Waals surface area contributed by atoms with Gasteiger partial charge in [0.2, 0.25) is 0 Å². The van der Waals surface area contributed by atoms with Crippen LogP contribution in [0.5, 0.6) is 0 Å². The van der Waals surface area contributed by atoms with Crippen molar-refractivity contribution < 1.29 is 0 Å². The van der Waals surface area contributed by atoms with Crippen LogP contribution in [0.25, 0.3) is 33.1 Å². The number of nitrogen functional groups attached to an aromatic ring is 1. The van der Waals surface area contributed by atoms with Crippen molar-refractivity contribution in [3.8, 4) is 11.1 Å². The molecule has 0 radical (unpaired) electrons. The van der Waals surface area contributed by atoms with E-state index >= 15 is 0 Å². The number of fused-ring (bicyclic) bond motifs is 3. The standard InChI is InChI=1S/C22H21Cl2N5/c23-18-7-13(8-19(24)17(18)12-29-4-2-1-3-5-29)14-6-16-15-9-21(25)26-11-20(15)28-22(16)27-10-14/h6-11H,1-5,12H2,(H2,25,26)(H,27,28). The van der Waals surface area contributed by atoms with Crippen LogP contribution in [0.1, 0.15) is 24.8 Å². The highest BCUT2D eigenvalue weighted by atomic mass is 35.5. The molecule has 5 nitrogen and oxygen atoms in total. The molecular weight excluding hydrogens is 405 g/mol. The first-order chi connectivity index (χ1) is 14.1. The Hall–Kier alpha value is -2.34. The smallest absolute Gasteiger partial charge is 0.138 e. The maximum Gasteiger partial charge on any atom is 0.138 e. The Kier molecular flexibility index (Phi) is 4.82. The van der Waals surface area contributed by atoms with E-state index in [9.17, 15) is 0 Å². The highest BCUT2D eigenvalue weighted by Gasteiger charge is 2.16. The second kappa shape index (κ2) is 7.48. The first kappa shape index (κ1) is 18.7. The number of rotatable bonds is 3. The Labute approximate surface area is 178 Å². The maximum atomic E-state index is 6.65. The second-order valence-electron chi connectivity index (χ2n) is 7.66. The lowest BCUT2D eigenvalue weighted by Crippen LogP contribution is -2.29. The highest BCUT2D eigenvalue weighted by Crippen LogP contribution is 2.35. The Morgan fingerprint density at radius 1 is 0.897 bits per heavy atom. The molecule has 0 spiro atoms. The third-order valence-electron chi connectivity index (χ3n) is 5.66. The van der Waals surface area contributed by atoms with Crippen molar-refractivity contribution in [3.63, 3.8) is 0 Å². The normalized spacial score (nSPS) is 15.4. The van der Waals surface area contributed by atoms with E-state index in [4.69, 9.17) is 28.9 Å². The van der Waals surface area contributed by atoms with Gasteiger partial charge in [-0.05, 0) is 55.8 Å². The molecule has 1 fully saturated rings. The molecule has 5 rings (SSSR count). The van der Waals surface area contributed by atoms with Gasteiger partial charge in [-0.25, -0.2) is 9.97 Å². The van der Waals surface area contributed by atoms with Crippen LogP contribution in [0.2, 0.25) is 10.0 Å². The number of nitrogens with zero attached hydrogens (tertiary/aromatic N) is 3. The van der Waals surface area contributed by atoms with Crippen LogP contribution in [-0.2, 0) is 6.54 Å². The van der Waals surface area contributed by atoms with Gasteiger partial charge in [0.1, 0.15) is 11.5 Å². The van der Waals surface area contributed by atoms with Crippen molar-refractivity contribution in [2.24, 2.45) is 0 Å². The number of H-pyrrole nitrogens is 1. The van der Waals surface area contributed by atoms with Crippen LogP contribution < -0.4 is 5.73 Å². The van der Waals surface area contributed by atoms with E-state index < -0.39 is 0 Å². The lowest BCUT2D eigenvalue weighted by atomic mass is 10.0. The molecule has 0 bridgehead atoms. The van der Waals surface area contributed by atoms with Crippen LogP contribution in [0.15, 0.2) is 36.7 Å². The number of hydrogen-bond donors (Lipinski definition) is 2. The molecule has 0 amide bonds. The molecule has 1 aromatic carbocycles. The Balaban J connectivity index is 1.54. The van der Waals surface area contributed by atoms with Crippen LogP contribution >= 0.6 is 23.2 Å². The highest BCUT2D eigenvalue weighted by molar-refractivity contribution is 6.36. The number of aromatic nitrogens is 3. The van der Waals surface area contributed by atoms with Gasteiger partial charge in [-0.1, -0.05) is 29.6 Å². The average molecular weight is 426 g/mol. The van der Waals surface area contributed by atoms with Gasteiger partial charge in [0.05, 0.1) is 11.7 Å². The Morgan fingerprint density at radius 3 is 2.41 bits per heavy atom. The summed E-state index contributed by atoms with van der Waals surface area (Å²) >= 11 is 13.3. The summed E-state index contributed by atoms with van der Waals surface area (Å²) in [7, 11) is 0. The summed E-state index contributed by atoms with van der Waals surface area (Å²) in [6.07, 6.45) is 7.35. The minimum atomic E-state index is 0.483. The van der Waals surface area contributed by atoms with Crippen molar-refractivity contribution in [3.05, 3.63) is 52.3 Å². The van der Waals surface area contributed by atoms with E-state index in [2.05, 4.69) is 25.9 Å². The summed E-state index contributed by atoms with van der Waals surface area (Å²) < 4.78 is 0. The molecule has 1 aliphatic rings. The van der Waals surface area contributed by atoms with E-state index in [-0.39, 0.29) is 0 Å². The Bertz CT molecular complexity index is 1190. The topological polar surface area (TPSA) is 70.8 Å². The van der Waals surface area contributed by atoms with Crippen molar-refractivity contribution in [2.75, 3.05) is 18.8 Å². The number of piperidine rings is 1. The van der Waals surface area contributed by atoms with Gasteiger partial charge in [0, 0.05) is 44.7 Å². The van der Waals surface area contributed by atoms with Crippen LogP contribution in [-0.4, -0.2) is 32.9 Å². The number of halogens is 2. The SMILES string of the molecule is Nc1cc2c(cn1)[nH]c1ncc(-c3cc(Cl)c(CN4CCCCC4)c(Cl)c3)cc12. The predicted octanol–water partition coefficient (Wildman–Crippen LogP) is 5.65. The summed E-state index contributed by atoms with van der Waals surface area (Å²) in [6, 6.07) is 7.93. The fourth-order valence-electron chi connectivity index (χ4n) is 4.11. The number of pyridine rings is 2. The molecule has 0 atom stereocenters. The first-order valence-corrected chi connectivity index (χ1v) is 10.6. The average Bonchev–Trinajstić information content (AvgIpc) is 3.08. The molecule has 3 N–H and O–H groups in total. The van der Waals surface area contributed by atoms with Crippen molar-refractivity contribution in [1.82, 2.24) is 19.9 Å². The van der Waals surface area contributed by atoms with Crippen LogP contribution in [0.4, 0.5) is 5.82 Å². The van der Waals surface area contributed by atoms with Crippen molar-refractivity contribution in [1.29, 1.82) is 0 Å². The van der Waals surface area contributed by atoms with E-state index in [1.807, 2.05) is 24.4 Å². The quantitative estimate of drug-likeness (QED) is 0.444. The lowest BCUT2D eigenvalue weighted by molar-refractivity contribution is 0.221. The first-order valence-electron chi connectivity index (χ1n) is 9.82. The molecular formula is C22H21Cl2N5. The molecule has 148 valence electrons. The minimum absolute atomic E-state index is 0.483.